The molecule has 3 aliphatic rings. The average Bonchev–Trinajstić information content (AvgIpc) is 3.11. The molecule has 0 aromatic heterocycles. The molecule has 35 heavy (non-hydrogen) atoms. The summed E-state index contributed by atoms with van der Waals surface area (Å²) in [7, 11) is 3.00. The molecular weight excluding hydrogens is 444 g/mol. The van der Waals surface area contributed by atoms with Crippen molar-refractivity contribution in [2.45, 2.75) is 37.1 Å². The Morgan fingerprint density at radius 1 is 0.943 bits per heavy atom. The predicted octanol–water partition coefficient (Wildman–Crippen LogP) is 4.61. The second kappa shape index (κ2) is 8.01. The van der Waals surface area contributed by atoms with Gasteiger partial charge in [0.2, 0.25) is 17.1 Å². The third-order valence-corrected chi connectivity index (χ3v) is 7.86. The Labute approximate surface area is 203 Å². The number of methoxy groups -OCH3 is 2. The van der Waals surface area contributed by atoms with Crippen molar-refractivity contribution in [3.63, 3.8) is 0 Å². The van der Waals surface area contributed by atoms with Gasteiger partial charge in [-0.1, -0.05) is 30.3 Å². The Kier molecular flexibility index (Phi) is 5.20. The zero-order chi connectivity index (χ0) is 24.8. The van der Waals surface area contributed by atoms with Gasteiger partial charge < -0.3 is 18.9 Å². The van der Waals surface area contributed by atoms with Crippen molar-refractivity contribution in [3.05, 3.63) is 59.7 Å². The Morgan fingerprint density at radius 3 is 2.17 bits per heavy atom. The van der Waals surface area contributed by atoms with E-state index in [0.717, 1.165) is 12.0 Å². The molecule has 1 aliphatic carbocycles. The first-order valence-electron chi connectivity index (χ1n) is 11.4. The number of ether oxygens (including phenoxy) is 4. The van der Waals surface area contributed by atoms with Crippen LogP contribution in [0.2, 0.25) is 0 Å². The molecule has 8 nitrogen and oxygen atoms in total. The molecule has 0 radical (unpaired) electrons. The largest absolute Gasteiger partial charge is 0.497 e. The predicted molar refractivity (Wildman–Crippen MR) is 123 cm³/mol. The van der Waals surface area contributed by atoms with E-state index in [0.29, 0.717) is 29.9 Å². The summed E-state index contributed by atoms with van der Waals surface area (Å²) < 4.78 is 23.4. The zero-order valence-electron chi connectivity index (χ0n) is 19.4. The van der Waals surface area contributed by atoms with E-state index in [4.69, 9.17) is 24.4 Å². The fourth-order valence-electron chi connectivity index (χ4n) is 6.15. The lowest BCUT2D eigenvalue weighted by Crippen LogP contribution is -2.60. The topological polar surface area (TPSA) is 132 Å². The van der Waals surface area contributed by atoms with Crippen LogP contribution in [-0.2, 0) is 9.47 Å². The smallest absolute Gasteiger partial charge is 0.217 e. The van der Waals surface area contributed by atoms with Crippen LogP contribution >= 0.6 is 0 Å². The summed E-state index contributed by atoms with van der Waals surface area (Å²) in [6.45, 7) is 0. The highest BCUT2D eigenvalue weighted by Crippen LogP contribution is 2.70. The van der Waals surface area contributed by atoms with E-state index in [1.165, 1.54) is 14.2 Å². The first-order chi connectivity index (χ1) is 16.9. The Hall–Kier alpha value is -4.06. The molecule has 2 saturated heterocycles. The summed E-state index contributed by atoms with van der Waals surface area (Å²) >= 11 is 0. The van der Waals surface area contributed by atoms with Gasteiger partial charge in [0.25, 0.3) is 0 Å². The van der Waals surface area contributed by atoms with E-state index in [1.54, 1.807) is 18.2 Å². The van der Waals surface area contributed by atoms with Crippen molar-refractivity contribution in [3.8, 4) is 29.7 Å². The summed E-state index contributed by atoms with van der Waals surface area (Å²) in [5.74, 6) is -1.32. The maximum Gasteiger partial charge on any atom is 0.217 e. The van der Waals surface area contributed by atoms with Gasteiger partial charge in [-0.25, -0.2) is 0 Å². The third kappa shape index (κ3) is 2.89. The number of nitriles is 3. The monoisotopic (exact) mass is 468 g/mol. The number of hydrogen-bond acceptors (Lipinski definition) is 8. The first kappa shape index (κ1) is 22.7. The Balaban J connectivity index is 1.69. The second-order valence-electron chi connectivity index (χ2n) is 9.27. The minimum absolute atomic E-state index is 0.0868. The summed E-state index contributed by atoms with van der Waals surface area (Å²) in [6, 6.07) is 21.4. The Morgan fingerprint density at radius 2 is 1.60 bits per heavy atom. The molecule has 2 heterocycles. The SMILES string of the molecule is COc1cc(OC)cc(C2OC34CCC(c5ccccc5)CC3C(C#N)(C(=N)O4)C2(C#N)C#N)c1. The van der Waals surface area contributed by atoms with Crippen molar-refractivity contribution in [2.75, 3.05) is 14.2 Å². The maximum atomic E-state index is 10.6. The molecule has 5 unspecified atom stereocenters. The zero-order valence-corrected chi connectivity index (χ0v) is 19.4. The molecule has 2 bridgehead atoms. The summed E-state index contributed by atoms with van der Waals surface area (Å²) in [5, 5.41) is 40.4. The standard InChI is InChI=1S/C27H24N4O4/c1-32-20-10-19(11-21(13-20)33-2)23-25(14-28,15-29)26(16-30)22-12-18(17-6-4-3-5-7-17)8-9-27(22,34-23)35-24(26)31/h3-7,10-11,13,18,22-23,31H,8-9,12H2,1-2H3. The summed E-state index contributed by atoms with van der Waals surface area (Å²) in [5.41, 5.74) is -2.27. The minimum atomic E-state index is -2.03. The van der Waals surface area contributed by atoms with Gasteiger partial charge >= 0.3 is 0 Å². The number of rotatable bonds is 4. The average molecular weight is 469 g/mol. The third-order valence-electron chi connectivity index (χ3n) is 7.86. The summed E-state index contributed by atoms with van der Waals surface area (Å²) in [6.07, 6.45) is 0.441. The highest BCUT2D eigenvalue weighted by atomic mass is 16.7. The van der Waals surface area contributed by atoms with Crippen LogP contribution in [0.15, 0.2) is 48.5 Å². The molecule has 0 spiro atoms. The van der Waals surface area contributed by atoms with Crippen LogP contribution in [0.25, 0.3) is 0 Å². The van der Waals surface area contributed by atoms with E-state index in [1.807, 2.05) is 30.3 Å². The van der Waals surface area contributed by atoms with Crippen LogP contribution in [0.5, 0.6) is 11.5 Å². The first-order valence-corrected chi connectivity index (χ1v) is 11.4. The molecule has 2 aliphatic heterocycles. The quantitative estimate of drug-likeness (QED) is 0.693. The van der Waals surface area contributed by atoms with Crippen molar-refractivity contribution in [1.82, 2.24) is 0 Å². The number of nitrogens with zero attached hydrogens (tertiary/aromatic N) is 3. The molecule has 1 N–H and O–H groups in total. The molecular formula is C27H24N4O4. The van der Waals surface area contributed by atoms with Crippen molar-refractivity contribution < 1.29 is 18.9 Å². The lowest BCUT2D eigenvalue weighted by Gasteiger charge is -2.52. The van der Waals surface area contributed by atoms with E-state index >= 15 is 0 Å². The van der Waals surface area contributed by atoms with Gasteiger partial charge in [0.15, 0.2) is 5.41 Å². The fraction of sp³-hybridized carbons (Fsp3) is 0.407. The van der Waals surface area contributed by atoms with Crippen molar-refractivity contribution in [1.29, 1.82) is 21.2 Å². The number of benzene rings is 2. The molecule has 176 valence electrons. The van der Waals surface area contributed by atoms with Gasteiger partial charge in [-0.2, -0.15) is 15.8 Å². The van der Waals surface area contributed by atoms with E-state index in [2.05, 4.69) is 18.2 Å². The van der Waals surface area contributed by atoms with Gasteiger partial charge in [-0.15, -0.1) is 0 Å². The lowest BCUT2D eigenvalue weighted by molar-refractivity contribution is -0.296. The molecule has 5 rings (SSSR count). The molecule has 2 aromatic carbocycles. The number of nitrogens with one attached hydrogen (secondary N) is 1. The molecule has 1 saturated carbocycles. The molecule has 8 heteroatoms. The van der Waals surface area contributed by atoms with Crippen LogP contribution in [0, 0.1) is 56.2 Å². The van der Waals surface area contributed by atoms with Crippen molar-refractivity contribution >= 4 is 5.90 Å². The van der Waals surface area contributed by atoms with Crippen molar-refractivity contribution in [2.24, 2.45) is 16.7 Å². The van der Waals surface area contributed by atoms with E-state index in [9.17, 15) is 15.8 Å². The molecule has 0 amide bonds. The van der Waals surface area contributed by atoms with Crippen LogP contribution in [0.4, 0.5) is 0 Å². The van der Waals surface area contributed by atoms with Crippen LogP contribution in [0.3, 0.4) is 0 Å². The van der Waals surface area contributed by atoms with Gasteiger partial charge in [0, 0.05) is 12.5 Å². The molecule has 2 aromatic rings. The lowest BCUT2D eigenvalue weighted by atomic mass is 9.50. The van der Waals surface area contributed by atoms with Crippen LogP contribution < -0.4 is 9.47 Å². The summed E-state index contributed by atoms with van der Waals surface area (Å²) in [4.78, 5) is 0. The fourth-order valence-corrected chi connectivity index (χ4v) is 6.15. The highest BCUT2D eigenvalue weighted by Gasteiger charge is 2.81. The van der Waals surface area contributed by atoms with E-state index in [-0.39, 0.29) is 11.8 Å². The Bertz CT molecular complexity index is 1270. The van der Waals surface area contributed by atoms with Gasteiger partial charge in [0.1, 0.15) is 17.6 Å². The molecule has 5 atom stereocenters. The minimum Gasteiger partial charge on any atom is -0.497 e. The second-order valence-corrected chi connectivity index (χ2v) is 9.27. The maximum absolute atomic E-state index is 10.6. The van der Waals surface area contributed by atoms with Gasteiger partial charge in [-0.3, -0.25) is 5.41 Å². The van der Waals surface area contributed by atoms with E-state index < -0.39 is 28.6 Å². The van der Waals surface area contributed by atoms with Gasteiger partial charge in [0.05, 0.1) is 38.3 Å². The van der Waals surface area contributed by atoms with Crippen LogP contribution in [-0.4, -0.2) is 25.9 Å². The normalized spacial score (nSPS) is 32.2. The van der Waals surface area contributed by atoms with Crippen LogP contribution in [0.1, 0.15) is 42.4 Å². The number of hydrogen-bond donors (Lipinski definition) is 1. The highest BCUT2D eigenvalue weighted by molar-refractivity contribution is 5.89. The van der Waals surface area contributed by atoms with Gasteiger partial charge in [-0.05, 0) is 42.0 Å². The molecule has 3 fully saturated rings.